The minimum atomic E-state index is 0.115. The van der Waals surface area contributed by atoms with Crippen LogP contribution in [0, 0.1) is 0 Å². The first-order valence-corrected chi connectivity index (χ1v) is 19.5. The molecule has 2 atom stereocenters. The minimum Gasteiger partial charge on any atom is -0.333 e. The molecule has 4 heterocycles. The molecule has 0 saturated heterocycles. The Morgan fingerprint density at radius 2 is 1.00 bits per heavy atom. The third-order valence-corrected chi connectivity index (χ3v) is 11.7. The number of fused-ring (bicyclic) bond motifs is 10. The molecular formula is C51H34N6. The van der Waals surface area contributed by atoms with E-state index in [9.17, 15) is 0 Å². The lowest BCUT2D eigenvalue weighted by Crippen LogP contribution is -2.28. The van der Waals surface area contributed by atoms with E-state index in [0.29, 0.717) is 17.6 Å². The summed E-state index contributed by atoms with van der Waals surface area (Å²) in [6.07, 6.45) is 9.11. The molecule has 1 aliphatic heterocycles. The van der Waals surface area contributed by atoms with E-state index >= 15 is 0 Å². The summed E-state index contributed by atoms with van der Waals surface area (Å²) in [5.74, 6) is 2.06. The van der Waals surface area contributed by atoms with E-state index in [4.69, 9.17) is 15.0 Å². The van der Waals surface area contributed by atoms with E-state index in [0.717, 1.165) is 38.9 Å². The number of benzene rings is 7. The van der Waals surface area contributed by atoms with Crippen molar-refractivity contribution in [2.45, 2.75) is 12.0 Å². The molecule has 1 aliphatic carbocycles. The minimum absolute atomic E-state index is 0.115. The molecule has 7 aromatic carbocycles. The van der Waals surface area contributed by atoms with Gasteiger partial charge in [-0.25, -0.2) is 4.98 Å². The maximum Gasteiger partial charge on any atom is 0.238 e. The second kappa shape index (κ2) is 12.5. The van der Waals surface area contributed by atoms with Gasteiger partial charge in [-0.15, -0.1) is 0 Å². The zero-order chi connectivity index (χ0) is 37.5. The van der Waals surface area contributed by atoms with Crippen LogP contribution in [0.5, 0.6) is 0 Å². The molecule has 2 unspecified atom stereocenters. The molecule has 12 rings (SSSR count). The van der Waals surface area contributed by atoms with Gasteiger partial charge in [0.05, 0.1) is 33.8 Å². The summed E-state index contributed by atoms with van der Waals surface area (Å²) < 4.78 is 4.61. The lowest BCUT2D eigenvalue weighted by atomic mass is 9.91. The molecule has 0 spiro atoms. The lowest BCUT2D eigenvalue weighted by Gasteiger charge is -2.29. The maximum absolute atomic E-state index is 5.21. The van der Waals surface area contributed by atoms with Gasteiger partial charge in [0.2, 0.25) is 5.95 Å². The van der Waals surface area contributed by atoms with Gasteiger partial charge < -0.3 is 9.47 Å². The Morgan fingerprint density at radius 1 is 0.421 bits per heavy atom. The number of hydrogen-bond donors (Lipinski definition) is 0. The maximum atomic E-state index is 5.21. The van der Waals surface area contributed by atoms with Crippen LogP contribution in [-0.2, 0) is 0 Å². The number of aromatic nitrogens is 5. The smallest absolute Gasteiger partial charge is 0.238 e. The zero-order valence-corrected chi connectivity index (χ0v) is 30.8. The molecule has 3 aromatic heterocycles. The van der Waals surface area contributed by atoms with Gasteiger partial charge in [-0.1, -0.05) is 146 Å². The molecule has 0 N–H and O–H groups in total. The Hall–Kier alpha value is -7.57. The van der Waals surface area contributed by atoms with E-state index in [1.165, 1.54) is 38.4 Å². The Labute approximate surface area is 328 Å². The van der Waals surface area contributed by atoms with Crippen molar-refractivity contribution in [1.29, 1.82) is 0 Å². The highest BCUT2D eigenvalue weighted by Crippen LogP contribution is 2.53. The Balaban J connectivity index is 1.12. The highest BCUT2D eigenvalue weighted by atomic mass is 15.2. The standard InChI is InChI=1S/C51H34N6/c1-4-16-33(17-5-1)49-52-50(34-18-6-2-7-19-34)54-51(53-49)57-44-27-15-12-24-40(44)47-46(57)31-29-39-37-22-10-14-26-43(37)56(48(39)47)36-28-30-45-41(32-36)38-23-11-13-25-42(38)55(45)35-20-8-3-9-21-35/h1-32,37,43H. The number of para-hydroxylation sites is 3. The summed E-state index contributed by atoms with van der Waals surface area (Å²) in [6, 6.07) is 60.2. The fourth-order valence-electron chi connectivity index (χ4n) is 9.25. The molecule has 6 nitrogen and oxygen atoms in total. The highest BCUT2D eigenvalue weighted by molar-refractivity contribution is 6.18. The third-order valence-electron chi connectivity index (χ3n) is 11.7. The van der Waals surface area contributed by atoms with Crippen molar-refractivity contribution < 1.29 is 0 Å². The Bertz CT molecular complexity index is 3190. The summed E-state index contributed by atoms with van der Waals surface area (Å²) >= 11 is 0. The summed E-state index contributed by atoms with van der Waals surface area (Å²) in [4.78, 5) is 18.0. The fraction of sp³-hybridized carbons (Fsp3) is 0.0392. The van der Waals surface area contributed by atoms with Crippen molar-refractivity contribution in [3.05, 3.63) is 200 Å². The topological polar surface area (TPSA) is 51.8 Å². The Kier molecular flexibility index (Phi) is 6.95. The van der Waals surface area contributed by atoms with Crippen molar-refractivity contribution in [3.8, 4) is 34.4 Å². The average molecular weight is 731 g/mol. The number of allylic oxidation sites excluding steroid dienone is 2. The molecule has 2 aliphatic rings. The number of rotatable bonds is 5. The Morgan fingerprint density at radius 3 is 1.72 bits per heavy atom. The normalized spacial score (nSPS) is 15.9. The average Bonchev–Trinajstić information content (AvgIpc) is 3.92. The molecule has 57 heavy (non-hydrogen) atoms. The summed E-state index contributed by atoms with van der Waals surface area (Å²) in [5, 5.41) is 4.81. The number of hydrogen-bond acceptors (Lipinski definition) is 4. The molecule has 0 radical (unpaired) electrons. The predicted octanol–water partition coefficient (Wildman–Crippen LogP) is 12.1. The zero-order valence-electron chi connectivity index (χ0n) is 30.8. The van der Waals surface area contributed by atoms with E-state index in [1.807, 2.05) is 36.4 Å². The van der Waals surface area contributed by atoms with Gasteiger partial charge in [0, 0.05) is 50.0 Å². The monoisotopic (exact) mass is 730 g/mol. The first-order valence-electron chi connectivity index (χ1n) is 19.5. The molecule has 0 saturated carbocycles. The predicted molar refractivity (Wildman–Crippen MR) is 233 cm³/mol. The van der Waals surface area contributed by atoms with Gasteiger partial charge in [-0.3, -0.25) is 4.57 Å². The van der Waals surface area contributed by atoms with Crippen LogP contribution in [0.2, 0.25) is 0 Å². The van der Waals surface area contributed by atoms with Crippen LogP contribution < -0.4 is 4.90 Å². The van der Waals surface area contributed by atoms with E-state index in [2.05, 4.69) is 172 Å². The van der Waals surface area contributed by atoms with Crippen LogP contribution >= 0.6 is 0 Å². The first kappa shape index (κ1) is 31.7. The van der Waals surface area contributed by atoms with Crippen molar-refractivity contribution in [2.24, 2.45) is 0 Å². The summed E-state index contributed by atoms with van der Waals surface area (Å²) in [7, 11) is 0. The molecular weight excluding hydrogens is 697 g/mol. The molecule has 10 aromatic rings. The van der Waals surface area contributed by atoms with Crippen LogP contribution in [0.1, 0.15) is 11.5 Å². The summed E-state index contributed by atoms with van der Waals surface area (Å²) in [6.45, 7) is 0. The number of nitrogens with zero attached hydrogens (tertiary/aromatic N) is 6. The summed E-state index contributed by atoms with van der Waals surface area (Å²) in [5.41, 5.74) is 11.2. The molecule has 0 bridgehead atoms. The van der Waals surface area contributed by atoms with Gasteiger partial charge in [0.25, 0.3) is 0 Å². The van der Waals surface area contributed by atoms with Crippen LogP contribution in [0.3, 0.4) is 0 Å². The largest absolute Gasteiger partial charge is 0.333 e. The number of anilines is 2. The second-order valence-corrected chi connectivity index (χ2v) is 14.8. The van der Waals surface area contributed by atoms with Crippen molar-refractivity contribution in [2.75, 3.05) is 4.90 Å². The SMILES string of the molecule is C1=CC2c3ccc4c(c3N(c3ccc5c(c3)c3ccccc3n5-c3ccccc3)C2C=C1)c1ccccc1n4-c1nc(-c2ccccc2)nc(-c2ccccc2)n1. The van der Waals surface area contributed by atoms with Gasteiger partial charge in [0.1, 0.15) is 0 Å². The van der Waals surface area contributed by atoms with E-state index in [-0.39, 0.29) is 12.0 Å². The van der Waals surface area contributed by atoms with Gasteiger partial charge in [-0.2, -0.15) is 9.97 Å². The van der Waals surface area contributed by atoms with Crippen LogP contribution in [0.25, 0.3) is 78.0 Å². The van der Waals surface area contributed by atoms with Crippen LogP contribution in [-0.4, -0.2) is 30.1 Å². The van der Waals surface area contributed by atoms with E-state index in [1.54, 1.807) is 0 Å². The van der Waals surface area contributed by atoms with Gasteiger partial charge >= 0.3 is 0 Å². The van der Waals surface area contributed by atoms with Gasteiger partial charge in [-0.05, 0) is 54.1 Å². The van der Waals surface area contributed by atoms with Crippen LogP contribution in [0.15, 0.2) is 194 Å². The second-order valence-electron chi connectivity index (χ2n) is 14.8. The highest BCUT2D eigenvalue weighted by Gasteiger charge is 2.40. The van der Waals surface area contributed by atoms with Crippen LogP contribution in [0.4, 0.5) is 11.4 Å². The fourth-order valence-corrected chi connectivity index (χ4v) is 9.25. The van der Waals surface area contributed by atoms with E-state index < -0.39 is 0 Å². The molecule has 6 heteroatoms. The van der Waals surface area contributed by atoms with Crippen molar-refractivity contribution in [3.63, 3.8) is 0 Å². The van der Waals surface area contributed by atoms with Crippen molar-refractivity contribution >= 4 is 55.0 Å². The first-order chi connectivity index (χ1) is 28.3. The quantitative estimate of drug-likeness (QED) is 0.177. The van der Waals surface area contributed by atoms with Crippen molar-refractivity contribution in [1.82, 2.24) is 24.1 Å². The third kappa shape index (κ3) is 4.80. The molecule has 268 valence electrons. The molecule has 0 amide bonds. The van der Waals surface area contributed by atoms with Gasteiger partial charge in [0.15, 0.2) is 11.6 Å². The molecule has 0 fully saturated rings. The lowest BCUT2D eigenvalue weighted by molar-refractivity contribution is 0.745.